The van der Waals surface area contributed by atoms with E-state index in [4.69, 9.17) is 4.74 Å². The van der Waals surface area contributed by atoms with Gasteiger partial charge < -0.3 is 4.74 Å². The first-order valence-corrected chi connectivity index (χ1v) is 8.45. The molecule has 0 atom stereocenters. The highest BCUT2D eigenvalue weighted by Crippen LogP contribution is 2.32. The van der Waals surface area contributed by atoms with Crippen LogP contribution in [0.2, 0.25) is 0 Å². The monoisotopic (exact) mass is 270 g/mol. The lowest BCUT2D eigenvalue weighted by molar-refractivity contribution is -0.141. The number of ether oxygens (including phenoxy) is 1. The third kappa shape index (κ3) is 9.49. The first-order valence-electron chi connectivity index (χ1n) is 8.45. The van der Waals surface area contributed by atoms with Gasteiger partial charge in [0.25, 0.3) is 0 Å². The molecule has 19 heavy (non-hydrogen) atoms. The quantitative estimate of drug-likeness (QED) is 0.420. The molecule has 0 aromatic rings. The smallest absolute Gasteiger partial charge is 0.0684 e. The van der Waals surface area contributed by atoms with Crippen molar-refractivity contribution < 1.29 is 4.74 Å². The molecule has 1 heteroatoms. The minimum Gasteiger partial charge on any atom is -0.369 e. The van der Waals surface area contributed by atoms with Crippen molar-refractivity contribution in [3.8, 4) is 0 Å². The second kappa shape index (κ2) is 9.00. The van der Waals surface area contributed by atoms with Crippen molar-refractivity contribution in [3.63, 3.8) is 0 Å². The lowest BCUT2D eigenvalue weighted by Gasteiger charge is -2.38. The fourth-order valence-electron chi connectivity index (χ4n) is 2.80. The van der Waals surface area contributed by atoms with Gasteiger partial charge >= 0.3 is 0 Å². The van der Waals surface area contributed by atoms with Gasteiger partial charge in [0.05, 0.1) is 11.2 Å². The summed E-state index contributed by atoms with van der Waals surface area (Å²) in [5.41, 5.74) is 0.0833. The average molecular weight is 271 g/mol. The van der Waals surface area contributed by atoms with Gasteiger partial charge in [-0.1, -0.05) is 59.8 Å². The van der Waals surface area contributed by atoms with Crippen molar-refractivity contribution in [2.24, 2.45) is 5.92 Å². The highest BCUT2D eigenvalue weighted by atomic mass is 16.5. The van der Waals surface area contributed by atoms with E-state index in [-0.39, 0.29) is 11.2 Å². The molecule has 0 aromatic carbocycles. The number of hydrogen-bond donors (Lipinski definition) is 0. The van der Waals surface area contributed by atoms with E-state index in [1.807, 2.05) is 0 Å². The van der Waals surface area contributed by atoms with Gasteiger partial charge in [-0.15, -0.1) is 0 Å². The Morgan fingerprint density at radius 1 is 0.842 bits per heavy atom. The van der Waals surface area contributed by atoms with E-state index in [1.165, 1.54) is 38.5 Å². The highest BCUT2D eigenvalue weighted by molar-refractivity contribution is 4.81. The van der Waals surface area contributed by atoms with Gasteiger partial charge in [-0.25, -0.2) is 0 Å². The molecule has 116 valence electrons. The molecule has 0 bridgehead atoms. The first-order chi connectivity index (χ1) is 8.74. The van der Waals surface area contributed by atoms with Gasteiger partial charge in [0.2, 0.25) is 0 Å². The van der Waals surface area contributed by atoms with Crippen LogP contribution in [-0.2, 0) is 4.74 Å². The summed E-state index contributed by atoms with van der Waals surface area (Å²) in [6.45, 7) is 15.7. The molecule has 1 nitrogen and oxygen atoms in total. The van der Waals surface area contributed by atoms with Crippen LogP contribution in [-0.4, -0.2) is 11.2 Å². The van der Waals surface area contributed by atoms with Crippen LogP contribution in [0.5, 0.6) is 0 Å². The van der Waals surface area contributed by atoms with Gasteiger partial charge in [0, 0.05) is 0 Å². The van der Waals surface area contributed by atoms with E-state index >= 15 is 0 Å². The molecule has 0 aliphatic heterocycles. The Kier molecular flexibility index (Phi) is 8.98. The molecular weight excluding hydrogens is 232 g/mol. The van der Waals surface area contributed by atoms with Crippen molar-refractivity contribution >= 4 is 0 Å². The molecule has 0 radical (unpaired) electrons. The first kappa shape index (κ1) is 19.0. The van der Waals surface area contributed by atoms with Gasteiger partial charge in [-0.05, 0) is 46.0 Å². The van der Waals surface area contributed by atoms with Gasteiger partial charge in [0.1, 0.15) is 0 Å². The van der Waals surface area contributed by atoms with Crippen LogP contribution in [0.15, 0.2) is 0 Å². The predicted octanol–water partition coefficient (Wildman–Crippen LogP) is 6.36. The van der Waals surface area contributed by atoms with Crippen molar-refractivity contribution in [2.75, 3.05) is 0 Å². The third-order valence-electron chi connectivity index (χ3n) is 3.98. The zero-order valence-corrected chi connectivity index (χ0v) is 14.6. The number of unbranched alkanes of at least 4 members (excludes halogenated alkanes) is 3. The third-order valence-corrected chi connectivity index (χ3v) is 3.98. The molecule has 0 heterocycles. The molecule has 0 fully saturated rings. The topological polar surface area (TPSA) is 9.23 Å². The van der Waals surface area contributed by atoms with Crippen LogP contribution in [0.3, 0.4) is 0 Å². The summed E-state index contributed by atoms with van der Waals surface area (Å²) in [5.74, 6) is 0.856. The van der Waals surface area contributed by atoms with Gasteiger partial charge in [0.15, 0.2) is 0 Å². The fourth-order valence-corrected chi connectivity index (χ4v) is 2.80. The van der Waals surface area contributed by atoms with E-state index in [2.05, 4.69) is 48.5 Å². The van der Waals surface area contributed by atoms with Crippen molar-refractivity contribution in [2.45, 2.75) is 111 Å². The van der Waals surface area contributed by atoms with E-state index < -0.39 is 0 Å². The molecule has 0 aliphatic carbocycles. The standard InChI is InChI=1S/C18H38O/c1-8-18(9-2,19-17(5,6)7)15-13-11-10-12-14-16(3)4/h16H,8-15H2,1-7H3. The second-order valence-corrected chi connectivity index (χ2v) is 7.45. The Morgan fingerprint density at radius 3 is 1.79 bits per heavy atom. The summed E-state index contributed by atoms with van der Waals surface area (Å²) in [5, 5.41) is 0. The van der Waals surface area contributed by atoms with E-state index in [1.54, 1.807) is 0 Å². The Labute approximate surface area is 122 Å². The van der Waals surface area contributed by atoms with E-state index in [9.17, 15) is 0 Å². The minimum absolute atomic E-state index is 0.0241. The Balaban J connectivity index is 4.01. The molecule has 0 saturated carbocycles. The number of rotatable bonds is 10. The normalized spacial score (nSPS) is 13.3. The largest absolute Gasteiger partial charge is 0.369 e. The van der Waals surface area contributed by atoms with Crippen LogP contribution in [0.25, 0.3) is 0 Å². The van der Waals surface area contributed by atoms with Crippen molar-refractivity contribution in [1.29, 1.82) is 0 Å². The maximum atomic E-state index is 6.37. The molecular formula is C18H38O. The highest BCUT2D eigenvalue weighted by Gasteiger charge is 2.31. The van der Waals surface area contributed by atoms with Gasteiger partial charge in [-0.2, -0.15) is 0 Å². The molecule has 0 aromatic heterocycles. The molecule has 0 aliphatic rings. The number of hydrogen-bond acceptors (Lipinski definition) is 1. The Morgan fingerprint density at radius 2 is 1.37 bits per heavy atom. The molecule has 0 rings (SSSR count). The van der Waals surface area contributed by atoms with E-state index in [0.29, 0.717) is 0 Å². The zero-order chi connectivity index (χ0) is 14.9. The van der Waals surface area contributed by atoms with E-state index in [0.717, 1.165) is 18.8 Å². The van der Waals surface area contributed by atoms with Crippen LogP contribution in [0.1, 0.15) is 99.8 Å². The van der Waals surface area contributed by atoms with Crippen LogP contribution >= 0.6 is 0 Å². The zero-order valence-electron chi connectivity index (χ0n) is 14.6. The summed E-state index contributed by atoms with van der Waals surface area (Å²) in [7, 11) is 0. The van der Waals surface area contributed by atoms with Gasteiger partial charge in [-0.3, -0.25) is 0 Å². The fraction of sp³-hybridized carbons (Fsp3) is 1.00. The second-order valence-electron chi connectivity index (χ2n) is 7.45. The maximum Gasteiger partial charge on any atom is 0.0684 e. The minimum atomic E-state index is -0.0241. The Hall–Kier alpha value is -0.0400. The summed E-state index contributed by atoms with van der Waals surface area (Å²) >= 11 is 0. The maximum absolute atomic E-state index is 6.37. The van der Waals surface area contributed by atoms with Crippen LogP contribution in [0, 0.1) is 5.92 Å². The molecule has 0 unspecified atom stereocenters. The lowest BCUT2D eigenvalue weighted by Crippen LogP contribution is -2.39. The lowest BCUT2D eigenvalue weighted by atomic mass is 9.89. The summed E-state index contributed by atoms with van der Waals surface area (Å²) in [6.07, 6.45) is 10.3. The molecule has 0 N–H and O–H groups in total. The summed E-state index contributed by atoms with van der Waals surface area (Å²) in [4.78, 5) is 0. The summed E-state index contributed by atoms with van der Waals surface area (Å²) in [6, 6.07) is 0. The van der Waals surface area contributed by atoms with Crippen LogP contribution < -0.4 is 0 Å². The average Bonchev–Trinajstić information content (AvgIpc) is 2.30. The Bertz CT molecular complexity index is 208. The summed E-state index contributed by atoms with van der Waals surface area (Å²) < 4.78 is 6.37. The molecule has 0 spiro atoms. The molecule has 0 amide bonds. The molecule has 0 saturated heterocycles. The predicted molar refractivity (Wildman–Crippen MR) is 86.7 cm³/mol. The SMILES string of the molecule is CCC(CC)(CCCCCCC(C)C)OC(C)(C)C. The van der Waals surface area contributed by atoms with Crippen molar-refractivity contribution in [1.82, 2.24) is 0 Å². The van der Waals surface area contributed by atoms with Crippen molar-refractivity contribution in [3.05, 3.63) is 0 Å². The van der Waals surface area contributed by atoms with Crippen LogP contribution in [0.4, 0.5) is 0 Å².